The molecule has 0 aliphatic rings. The van der Waals surface area contributed by atoms with Gasteiger partial charge in [-0.05, 0) is 24.3 Å². The highest BCUT2D eigenvalue weighted by atomic mass is 19.1. The van der Waals surface area contributed by atoms with Crippen molar-refractivity contribution in [1.29, 1.82) is 0 Å². The van der Waals surface area contributed by atoms with Crippen LogP contribution in [0, 0.1) is 5.82 Å². The number of carboxylic acid groups (broad SMARTS) is 1. The summed E-state index contributed by atoms with van der Waals surface area (Å²) in [5, 5.41) is 10.8. The van der Waals surface area contributed by atoms with Crippen molar-refractivity contribution in [3.63, 3.8) is 0 Å². The molecule has 0 fully saturated rings. The molecule has 0 unspecified atom stereocenters. The number of ether oxygens (including phenoxy) is 1. The van der Waals surface area contributed by atoms with Crippen LogP contribution in [-0.2, 0) is 14.3 Å². The summed E-state index contributed by atoms with van der Waals surface area (Å²) in [5.74, 6) is -2.18. The van der Waals surface area contributed by atoms with E-state index < -0.39 is 17.7 Å². The number of nitrogens with one attached hydrogen (secondary N) is 1. The second kappa shape index (κ2) is 6.51. The van der Waals surface area contributed by atoms with Gasteiger partial charge in [-0.3, -0.25) is 4.79 Å². The van der Waals surface area contributed by atoms with Crippen molar-refractivity contribution in [3.05, 3.63) is 35.7 Å². The fourth-order valence-electron chi connectivity index (χ4n) is 1.23. The fourth-order valence-corrected chi connectivity index (χ4v) is 1.23. The molecule has 0 radical (unpaired) electrons. The largest absolute Gasteiger partial charge is 0.478 e. The zero-order valence-electron chi connectivity index (χ0n) is 9.64. The number of carbonyl (C=O) groups is 2. The SMILES string of the molecule is COCC(=O)Nc1ccc(C=CC(=O)O)c(F)c1. The van der Waals surface area contributed by atoms with Gasteiger partial charge in [0.15, 0.2) is 0 Å². The fraction of sp³-hybridized carbons (Fsp3) is 0.167. The van der Waals surface area contributed by atoms with Crippen LogP contribution in [0.2, 0.25) is 0 Å². The van der Waals surface area contributed by atoms with Gasteiger partial charge in [0.2, 0.25) is 5.91 Å². The lowest BCUT2D eigenvalue weighted by Gasteiger charge is -2.05. The number of carbonyl (C=O) groups excluding carboxylic acids is 1. The number of methoxy groups -OCH3 is 1. The zero-order valence-corrected chi connectivity index (χ0v) is 9.64. The monoisotopic (exact) mass is 253 g/mol. The van der Waals surface area contributed by atoms with Crippen LogP contribution in [-0.4, -0.2) is 30.7 Å². The van der Waals surface area contributed by atoms with Gasteiger partial charge in [-0.1, -0.05) is 0 Å². The second-order valence-electron chi connectivity index (χ2n) is 3.39. The van der Waals surface area contributed by atoms with E-state index in [9.17, 15) is 14.0 Å². The van der Waals surface area contributed by atoms with Gasteiger partial charge in [0.05, 0.1) is 0 Å². The number of halogens is 1. The molecule has 2 N–H and O–H groups in total. The Kier molecular flexibility index (Phi) is 5.01. The molecule has 1 amide bonds. The normalized spacial score (nSPS) is 10.6. The lowest BCUT2D eigenvalue weighted by Crippen LogP contribution is -2.17. The van der Waals surface area contributed by atoms with Gasteiger partial charge in [0.25, 0.3) is 0 Å². The minimum absolute atomic E-state index is 0.123. The van der Waals surface area contributed by atoms with Crippen molar-refractivity contribution in [2.45, 2.75) is 0 Å². The van der Waals surface area contributed by atoms with Crippen molar-refractivity contribution in [1.82, 2.24) is 0 Å². The van der Waals surface area contributed by atoms with Crippen LogP contribution >= 0.6 is 0 Å². The first-order valence-electron chi connectivity index (χ1n) is 5.02. The Morgan fingerprint density at radius 2 is 2.22 bits per heavy atom. The van der Waals surface area contributed by atoms with E-state index in [1.165, 1.54) is 19.2 Å². The molecule has 0 saturated heterocycles. The molecule has 1 rings (SSSR count). The van der Waals surface area contributed by atoms with Gasteiger partial charge < -0.3 is 15.2 Å². The van der Waals surface area contributed by atoms with E-state index in [4.69, 9.17) is 5.11 Å². The molecule has 96 valence electrons. The third-order valence-electron chi connectivity index (χ3n) is 1.97. The Balaban J connectivity index is 2.79. The van der Waals surface area contributed by atoms with Crippen molar-refractivity contribution < 1.29 is 23.8 Å². The minimum atomic E-state index is -1.16. The van der Waals surface area contributed by atoms with Crippen molar-refractivity contribution >= 4 is 23.6 Å². The van der Waals surface area contributed by atoms with Crippen LogP contribution in [0.4, 0.5) is 10.1 Å². The molecule has 18 heavy (non-hydrogen) atoms. The lowest BCUT2D eigenvalue weighted by molar-refractivity contribution is -0.131. The second-order valence-corrected chi connectivity index (χ2v) is 3.39. The highest BCUT2D eigenvalue weighted by Crippen LogP contribution is 2.15. The van der Waals surface area contributed by atoms with Crippen LogP contribution in [0.3, 0.4) is 0 Å². The predicted octanol–water partition coefficient (Wildman–Crippen LogP) is 1.51. The number of amides is 1. The maximum atomic E-state index is 13.5. The summed E-state index contributed by atoms with van der Waals surface area (Å²) in [7, 11) is 1.37. The molecule has 1 aromatic rings. The van der Waals surface area contributed by atoms with Crippen LogP contribution < -0.4 is 5.32 Å². The maximum Gasteiger partial charge on any atom is 0.328 e. The summed E-state index contributed by atoms with van der Waals surface area (Å²) in [6.45, 7) is -0.123. The predicted molar refractivity (Wildman–Crippen MR) is 63.6 cm³/mol. The van der Waals surface area contributed by atoms with Gasteiger partial charge in [0.1, 0.15) is 12.4 Å². The number of rotatable bonds is 5. The average molecular weight is 253 g/mol. The molecule has 0 bridgehead atoms. The smallest absolute Gasteiger partial charge is 0.328 e. The van der Waals surface area contributed by atoms with E-state index in [1.807, 2.05) is 0 Å². The summed E-state index contributed by atoms with van der Waals surface area (Å²) in [5.41, 5.74) is 0.407. The van der Waals surface area contributed by atoms with E-state index >= 15 is 0 Å². The Morgan fingerprint density at radius 3 is 2.78 bits per heavy atom. The van der Waals surface area contributed by atoms with Crippen molar-refractivity contribution in [2.24, 2.45) is 0 Å². The molecular weight excluding hydrogens is 241 g/mol. The van der Waals surface area contributed by atoms with Gasteiger partial charge >= 0.3 is 5.97 Å². The van der Waals surface area contributed by atoms with Crippen LogP contribution in [0.25, 0.3) is 6.08 Å². The Hall–Kier alpha value is -2.21. The van der Waals surface area contributed by atoms with E-state index in [0.717, 1.165) is 18.2 Å². The quantitative estimate of drug-likeness (QED) is 0.780. The van der Waals surface area contributed by atoms with Crippen molar-refractivity contribution in [3.8, 4) is 0 Å². The standard InChI is InChI=1S/C12H12FNO4/c1-18-7-11(15)14-9-4-2-8(10(13)6-9)3-5-12(16)17/h2-6H,7H2,1H3,(H,14,15)(H,16,17). The van der Waals surface area contributed by atoms with Gasteiger partial charge in [-0.25, -0.2) is 9.18 Å². The Bertz CT molecular complexity index is 485. The number of benzene rings is 1. The summed E-state index contributed by atoms with van der Waals surface area (Å²) in [4.78, 5) is 21.5. The first-order valence-corrected chi connectivity index (χ1v) is 5.02. The Morgan fingerprint density at radius 1 is 1.50 bits per heavy atom. The number of hydrogen-bond acceptors (Lipinski definition) is 3. The van der Waals surface area contributed by atoms with Crippen molar-refractivity contribution in [2.75, 3.05) is 19.0 Å². The highest BCUT2D eigenvalue weighted by Gasteiger charge is 2.05. The first-order chi connectivity index (χ1) is 8.52. The van der Waals surface area contributed by atoms with Gasteiger partial charge in [-0.2, -0.15) is 0 Å². The minimum Gasteiger partial charge on any atom is -0.478 e. The molecule has 0 spiro atoms. The number of anilines is 1. The lowest BCUT2D eigenvalue weighted by atomic mass is 10.1. The van der Waals surface area contributed by atoms with E-state index in [1.54, 1.807) is 0 Å². The number of aliphatic carboxylic acids is 1. The summed E-state index contributed by atoms with van der Waals surface area (Å²) in [6.07, 6.45) is 1.97. The third kappa shape index (κ3) is 4.34. The number of carboxylic acids is 1. The third-order valence-corrected chi connectivity index (χ3v) is 1.97. The number of hydrogen-bond donors (Lipinski definition) is 2. The summed E-state index contributed by atoms with van der Waals surface area (Å²) in [6, 6.07) is 3.95. The summed E-state index contributed by atoms with van der Waals surface area (Å²) < 4.78 is 18.1. The highest BCUT2D eigenvalue weighted by molar-refractivity contribution is 5.92. The van der Waals surface area contributed by atoms with Crippen LogP contribution in [0.15, 0.2) is 24.3 Å². The molecule has 0 saturated carbocycles. The zero-order chi connectivity index (χ0) is 13.5. The van der Waals surface area contributed by atoms with Crippen LogP contribution in [0.5, 0.6) is 0 Å². The topological polar surface area (TPSA) is 75.6 Å². The molecule has 0 aliphatic heterocycles. The van der Waals surface area contributed by atoms with Crippen LogP contribution in [0.1, 0.15) is 5.56 Å². The summed E-state index contributed by atoms with van der Waals surface area (Å²) >= 11 is 0. The Labute approximate surface area is 103 Å². The molecule has 5 nitrogen and oxygen atoms in total. The van der Waals surface area contributed by atoms with Gasteiger partial charge in [-0.15, -0.1) is 0 Å². The molecule has 0 atom stereocenters. The van der Waals surface area contributed by atoms with E-state index in [-0.39, 0.29) is 17.9 Å². The average Bonchev–Trinajstić information content (AvgIpc) is 2.28. The molecule has 6 heteroatoms. The van der Waals surface area contributed by atoms with E-state index in [2.05, 4.69) is 10.1 Å². The van der Waals surface area contributed by atoms with Gasteiger partial charge in [0, 0.05) is 24.4 Å². The molecule has 0 aliphatic carbocycles. The molecule has 0 aromatic heterocycles. The molecule has 0 heterocycles. The maximum absolute atomic E-state index is 13.5. The van der Waals surface area contributed by atoms with E-state index in [0.29, 0.717) is 0 Å². The first kappa shape index (κ1) is 13.9. The molecule has 1 aromatic carbocycles. The molecular formula is C12H12FNO4.